The lowest BCUT2D eigenvalue weighted by atomic mass is 10.5. The fourth-order valence-electron chi connectivity index (χ4n) is 0.705. The summed E-state index contributed by atoms with van der Waals surface area (Å²) in [5.41, 5.74) is 0. The first kappa shape index (κ1) is 12.9. The fraction of sp³-hybridized carbons (Fsp3) is 0.750. The quantitative estimate of drug-likeness (QED) is 0.474. The summed E-state index contributed by atoms with van der Waals surface area (Å²) in [4.78, 5) is 21.1. The zero-order valence-electron chi connectivity index (χ0n) is 8.31. The van der Waals surface area contributed by atoms with E-state index in [1.165, 1.54) is 0 Å². The minimum Gasteiger partial charge on any atom is -0.420 e. The molecule has 1 atom stereocenters. The molecule has 0 aromatic rings. The molecule has 0 fully saturated rings. The summed E-state index contributed by atoms with van der Waals surface area (Å²) in [6.07, 6.45) is -3.24. The molecule has 6 nitrogen and oxygen atoms in total. The van der Waals surface area contributed by atoms with Gasteiger partial charge in [-0.05, 0) is 6.92 Å². The summed E-state index contributed by atoms with van der Waals surface area (Å²) in [6, 6.07) is 0. The van der Waals surface area contributed by atoms with E-state index in [1.54, 1.807) is 6.92 Å². The molecule has 0 N–H and O–H groups in total. The van der Waals surface area contributed by atoms with Crippen molar-refractivity contribution in [2.45, 2.75) is 33.4 Å². The van der Waals surface area contributed by atoms with Crippen molar-refractivity contribution in [1.29, 1.82) is 0 Å². The smallest absolute Gasteiger partial charge is 0.305 e. The Balaban J connectivity index is 4.21. The van der Waals surface area contributed by atoms with Crippen LogP contribution in [0.3, 0.4) is 0 Å². The van der Waals surface area contributed by atoms with Gasteiger partial charge in [-0.25, -0.2) is 0 Å². The van der Waals surface area contributed by atoms with Gasteiger partial charge in [-0.15, -0.1) is 0 Å². The van der Waals surface area contributed by atoms with Crippen LogP contribution in [0.1, 0.15) is 20.8 Å². The van der Waals surface area contributed by atoms with Crippen LogP contribution in [0.2, 0.25) is 0 Å². The topological polar surface area (TPSA) is 81.7 Å². The minimum absolute atomic E-state index is 0.146. The van der Waals surface area contributed by atoms with Crippen molar-refractivity contribution >= 4 is 11.9 Å². The summed E-state index contributed by atoms with van der Waals surface area (Å²) in [5.74, 6) is -1.42. The van der Waals surface area contributed by atoms with Crippen molar-refractivity contribution in [3.05, 3.63) is 0 Å². The molecule has 0 aromatic heterocycles. The van der Waals surface area contributed by atoms with Crippen LogP contribution in [0, 0.1) is 0 Å². The van der Waals surface area contributed by atoms with Crippen LogP contribution in [0.25, 0.3) is 0 Å². The monoisotopic (exact) mass is 205 g/mol. The Morgan fingerprint density at radius 3 is 1.86 bits per heavy atom. The Kier molecular flexibility index (Phi) is 5.82. The van der Waals surface area contributed by atoms with Gasteiger partial charge in [-0.1, -0.05) is 0 Å². The average molecular weight is 205 g/mol. The molecule has 6 heteroatoms. The molecule has 0 spiro atoms. The minimum atomic E-state index is -1.72. The number of esters is 2. The molecule has 0 aliphatic rings. The number of rotatable bonds is 5. The standard InChI is InChI=1S/C8H13O6/c1-4-12-7(11)8(13-5(2)9)14-6(3)10/h7-8H,4H2,1-3H3. The van der Waals surface area contributed by atoms with E-state index in [-0.39, 0.29) is 6.61 Å². The molecule has 0 saturated carbocycles. The Morgan fingerprint density at radius 1 is 1.14 bits per heavy atom. The van der Waals surface area contributed by atoms with E-state index in [0.717, 1.165) is 13.8 Å². The largest absolute Gasteiger partial charge is 0.420 e. The average Bonchev–Trinajstić information content (AvgIpc) is 2.01. The maximum absolute atomic E-state index is 11.1. The third-order valence-corrected chi connectivity index (χ3v) is 1.12. The van der Waals surface area contributed by atoms with Gasteiger partial charge in [-0.3, -0.25) is 9.59 Å². The molecular formula is C8H13O6. The van der Waals surface area contributed by atoms with Crippen molar-refractivity contribution < 1.29 is 28.9 Å². The van der Waals surface area contributed by atoms with Crippen molar-refractivity contribution in [1.82, 2.24) is 0 Å². The fourth-order valence-corrected chi connectivity index (χ4v) is 0.705. The molecule has 0 heterocycles. The number of hydrogen-bond donors (Lipinski definition) is 0. The first-order chi connectivity index (χ1) is 6.47. The van der Waals surface area contributed by atoms with E-state index in [0.29, 0.717) is 0 Å². The van der Waals surface area contributed by atoms with Crippen LogP contribution in [-0.4, -0.2) is 31.1 Å². The Morgan fingerprint density at radius 2 is 1.57 bits per heavy atom. The molecule has 1 radical (unpaired) electrons. The van der Waals surface area contributed by atoms with E-state index >= 15 is 0 Å². The molecule has 0 saturated heterocycles. The van der Waals surface area contributed by atoms with Gasteiger partial charge in [0.25, 0.3) is 6.29 Å². The zero-order chi connectivity index (χ0) is 11.1. The summed E-state index contributed by atoms with van der Waals surface area (Å²) >= 11 is 0. The highest BCUT2D eigenvalue weighted by Gasteiger charge is 2.27. The zero-order valence-corrected chi connectivity index (χ0v) is 8.31. The molecular weight excluding hydrogens is 192 g/mol. The predicted octanol–water partition coefficient (Wildman–Crippen LogP) is 0.232. The third-order valence-electron chi connectivity index (χ3n) is 1.12. The van der Waals surface area contributed by atoms with Gasteiger partial charge in [0, 0.05) is 20.5 Å². The maximum Gasteiger partial charge on any atom is 0.305 e. The first-order valence-electron chi connectivity index (χ1n) is 4.09. The molecule has 0 aromatic carbocycles. The Bertz CT molecular complexity index is 186. The molecule has 0 rings (SSSR count). The van der Waals surface area contributed by atoms with Crippen LogP contribution in [-0.2, 0) is 28.9 Å². The number of carbonyl (C=O) groups excluding carboxylic acids is 2. The molecule has 81 valence electrons. The van der Waals surface area contributed by atoms with Crippen molar-refractivity contribution in [3.8, 4) is 0 Å². The maximum atomic E-state index is 11.1. The van der Waals surface area contributed by atoms with Gasteiger partial charge in [0.2, 0.25) is 0 Å². The molecule has 1 unspecified atom stereocenters. The summed E-state index contributed by atoms with van der Waals surface area (Å²) in [7, 11) is 0. The van der Waals surface area contributed by atoms with Crippen molar-refractivity contribution in [2.75, 3.05) is 6.61 Å². The second kappa shape index (κ2) is 6.33. The van der Waals surface area contributed by atoms with Gasteiger partial charge in [0.05, 0.1) is 0 Å². The lowest BCUT2D eigenvalue weighted by Gasteiger charge is -2.19. The highest BCUT2D eigenvalue weighted by molar-refractivity contribution is 5.68. The molecule has 0 aliphatic carbocycles. The van der Waals surface area contributed by atoms with Crippen LogP contribution >= 0.6 is 0 Å². The van der Waals surface area contributed by atoms with Crippen molar-refractivity contribution in [3.63, 3.8) is 0 Å². The van der Waals surface area contributed by atoms with Crippen LogP contribution in [0.5, 0.6) is 0 Å². The van der Waals surface area contributed by atoms with Gasteiger partial charge >= 0.3 is 18.2 Å². The predicted molar refractivity (Wildman–Crippen MR) is 43.4 cm³/mol. The summed E-state index contributed by atoms with van der Waals surface area (Å²) in [6.45, 7) is 3.96. The lowest BCUT2D eigenvalue weighted by molar-refractivity contribution is -0.271. The van der Waals surface area contributed by atoms with Crippen LogP contribution in [0.4, 0.5) is 0 Å². The second-order valence-corrected chi connectivity index (χ2v) is 2.41. The number of carbonyl (C=O) groups is 2. The Labute approximate surface area is 81.8 Å². The van der Waals surface area contributed by atoms with Crippen molar-refractivity contribution in [2.24, 2.45) is 0 Å². The highest BCUT2D eigenvalue weighted by atomic mass is 16.8. The van der Waals surface area contributed by atoms with Gasteiger partial charge in [0.1, 0.15) is 0 Å². The van der Waals surface area contributed by atoms with Crippen LogP contribution in [0.15, 0.2) is 0 Å². The third kappa shape index (κ3) is 5.50. The summed E-state index contributed by atoms with van der Waals surface area (Å²) in [5, 5.41) is 11.1. The molecule has 0 amide bonds. The van der Waals surface area contributed by atoms with Gasteiger partial charge in [0.15, 0.2) is 0 Å². The number of ether oxygens (including phenoxy) is 3. The lowest BCUT2D eigenvalue weighted by Crippen LogP contribution is -2.35. The molecule has 0 aliphatic heterocycles. The number of hydrogen-bond acceptors (Lipinski definition) is 5. The van der Waals surface area contributed by atoms with E-state index in [2.05, 4.69) is 14.2 Å². The van der Waals surface area contributed by atoms with Gasteiger partial charge < -0.3 is 14.2 Å². The van der Waals surface area contributed by atoms with Gasteiger partial charge in [-0.2, -0.15) is 5.11 Å². The summed E-state index contributed by atoms with van der Waals surface area (Å²) < 4.78 is 13.5. The van der Waals surface area contributed by atoms with Crippen LogP contribution < -0.4 is 0 Å². The molecule has 14 heavy (non-hydrogen) atoms. The molecule has 0 bridgehead atoms. The Hall–Kier alpha value is -1.14. The normalized spacial score (nSPS) is 12.4. The van der Waals surface area contributed by atoms with E-state index in [9.17, 15) is 14.7 Å². The van der Waals surface area contributed by atoms with E-state index < -0.39 is 24.5 Å². The SMILES string of the molecule is CCOC([O])C(OC(C)=O)OC(C)=O. The van der Waals surface area contributed by atoms with E-state index in [1.807, 2.05) is 0 Å². The second-order valence-electron chi connectivity index (χ2n) is 2.41. The highest BCUT2D eigenvalue weighted by Crippen LogP contribution is 2.05. The first-order valence-corrected chi connectivity index (χ1v) is 4.09. The van der Waals surface area contributed by atoms with E-state index in [4.69, 9.17) is 0 Å².